The Morgan fingerprint density at radius 2 is 2.00 bits per heavy atom. The summed E-state index contributed by atoms with van der Waals surface area (Å²) in [5.74, 6) is -0.0486. The van der Waals surface area contributed by atoms with Gasteiger partial charge in [-0.3, -0.25) is 9.59 Å². The van der Waals surface area contributed by atoms with E-state index in [0.717, 1.165) is 34.5 Å². The summed E-state index contributed by atoms with van der Waals surface area (Å²) in [5.41, 5.74) is 3.03. The Labute approximate surface area is 146 Å². The Kier molecular flexibility index (Phi) is 5.00. The highest BCUT2D eigenvalue weighted by molar-refractivity contribution is 7.10. The molecule has 1 saturated heterocycles. The van der Waals surface area contributed by atoms with Gasteiger partial charge in [-0.15, -0.1) is 11.3 Å². The molecular weight excluding hydrogens is 320 g/mol. The Bertz CT molecular complexity index is 720. The number of rotatable bonds is 4. The predicted molar refractivity (Wildman–Crippen MR) is 97.3 cm³/mol. The lowest BCUT2D eigenvalue weighted by atomic mass is 10.1. The van der Waals surface area contributed by atoms with Crippen molar-refractivity contribution in [2.45, 2.75) is 39.2 Å². The number of hydrogen-bond donors (Lipinski definition) is 1. The largest absolute Gasteiger partial charge is 0.330 e. The average molecular weight is 342 g/mol. The van der Waals surface area contributed by atoms with Crippen LogP contribution in [0.4, 0.5) is 5.69 Å². The van der Waals surface area contributed by atoms with Crippen LogP contribution in [0.25, 0.3) is 0 Å². The number of carbonyl (C=O) groups is 2. The maximum absolute atomic E-state index is 12.7. The first-order chi connectivity index (χ1) is 11.5. The average Bonchev–Trinajstić information content (AvgIpc) is 3.16. The van der Waals surface area contributed by atoms with Crippen LogP contribution in [0.1, 0.15) is 28.8 Å². The molecule has 2 amide bonds. The van der Waals surface area contributed by atoms with Crippen molar-refractivity contribution in [1.29, 1.82) is 0 Å². The van der Waals surface area contributed by atoms with Crippen LogP contribution in [0.5, 0.6) is 0 Å². The number of nitrogens with one attached hydrogen (secondary N) is 1. The van der Waals surface area contributed by atoms with Crippen LogP contribution in [0, 0.1) is 13.8 Å². The molecule has 24 heavy (non-hydrogen) atoms. The summed E-state index contributed by atoms with van der Waals surface area (Å²) in [6, 6.07) is 9.53. The van der Waals surface area contributed by atoms with E-state index in [4.69, 9.17) is 0 Å². The molecule has 1 atom stereocenters. The SMILES string of the molecule is Cc1cc(C)cc(NC(=O)C2CCCN2C(=O)Cc2cccs2)c1. The van der Waals surface area contributed by atoms with Crippen LogP contribution in [0.15, 0.2) is 35.7 Å². The van der Waals surface area contributed by atoms with E-state index < -0.39 is 0 Å². The first kappa shape index (κ1) is 16.7. The number of hydrogen-bond acceptors (Lipinski definition) is 3. The molecule has 5 heteroatoms. The van der Waals surface area contributed by atoms with E-state index >= 15 is 0 Å². The molecule has 1 unspecified atom stereocenters. The van der Waals surface area contributed by atoms with Gasteiger partial charge in [0.2, 0.25) is 11.8 Å². The molecule has 0 saturated carbocycles. The first-order valence-corrected chi connectivity index (χ1v) is 9.12. The zero-order valence-corrected chi connectivity index (χ0v) is 14.9. The lowest BCUT2D eigenvalue weighted by Crippen LogP contribution is -2.43. The van der Waals surface area contributed by atoms with Crippen LogP contribution in [-0.4, -0.2) is 29.3 Å². The fraction of sp³-hybridized carbons (Fsp3) is 0.368. The minimum Gasteiger partial charge on any atom is -0.330 e. The minimum absolute atomic E-state index is 0.0375. The fourth-order valence-corrected chi connectivity index (χ4v) is 3.97. The van der Waals surface area contributed by atoms with Crippen LogP contribution in [-0.2, 0) is 16.0 Å². The van der Waals surface area contributed by atoms with Gasteiger partial charge in [0.1, 0.15) is 6.04 Å². The van der Waals surface area contributed by atoms with E-state index in [9.17, 15) is 9.59 Å². The number of nitrogens with zero attached hydrogens (tertiary/aromatic N) is 1. The number of anilines is 1. The standard InChI is InChI=1S/C19H22N2O2S/c1-13-9-14(2)11-15(10-13)20-19(23)17-6-3-7-21(17)18(22)12-16-5-4-8-24-16/h4-5,8-11,17H,3,6-7,12H2,1-2H3,(H,20,23). The number of thiophene rings is 1. The van der Waals surface area contributed by atoms with Crippen molar-refractivity contribution in [2.24, 2.45) is 0 Å². The summed E-state index contributed by atoms with van der Waals surface area (Å²) in [6.45, 7) is 4.68. The Balaban J connectivity index is 1.67. The smallest absolute Gasteiger partial charge is 0.247 e. The van der Waals surface area contributed by atoms with Crippen LogP contribution >= 0.6 is 11.3 Å². The van der Waals surface area contributed by atoms with E-state index in [0.29, 0.717) is 13.0 Å². The molecule has 4 nitrogen and oxygen atoms in total. The molecule has 2 heterocycles. The predicted octanol–water partition coefficient (Wildman–Crippen LogP) is 3.54. The number of benzene rings is 1. The summed E-state index contributed by atoms with van der Waals surface area (Å²) in [5, 5.41) is 4.95. The molecule has 2 aromatic rings. The Hall–Kier alpha value is -2.14. The summed E-state index contributed by atoms with van der Waals surface area (Å²) in [6.07, 6.45) is 1.99. The topological polar surface area (TPSA) is 49.4 Å². The Morgan fingerprint density at radius 1 is 1.25 bits per heavy atom. The number of likely N-dealkylation sites (tertiary alicyclic amines) is 1. The van der Waals surface area contributed by atoms with Gasteiger partial charge < -0.3 is 10.2 Å². The molecule has 0 aliphatic carbocycles. The summed E-state index contributed by atoms with van der Waals surface area (Å²) < 4.78 is 0. The normalized spacial score (nSPS) is 17.1. The van der Waals surface area contributed by atoms with Crippen molar-refractivity contribution >= 4 is 28.8 Å². The van der Waals surface area contributed by atoms with E-state index in [1.54, 1.807) is 16.2 Å². The van der Waals surface area contributed by atoms with Gasteiger partial charge in [-0.05, 0) is 61.4 Å². The van der Waals surface area contributed by atoms with Crippen molar-refractivity contribution in [1.82, 2.24) is 4.90 Å². The Morgan fingerprint density at radius 3 is 2.67 bits per heavy atom. The van der Waals surface area contributed by atoms with Crippen molar-refractivity contribution < 1.29 is 9.59 Å². The highest BCUT2D eigenvalue weighted by Gasteiger charge is 2.34. The van der Waals surface area contributed by atoms with Gasteiger partial charge in [-0.2, -0.15) is 0 Å². The lowest BCUT2D eigenvalue weighted by molar-refractivity contribution is -0.136. The second kappa shape index (κ2) is 7.18. The van der Waals surface area contributed by atoms with E-state index in [2.05, 4.69) is 11.4 Å². The summed E-state index contributed by atoms with van der Waals surface area (Å²) in [4.78, 5) is 28.0. The molecule has 1 N–H and O–H groups in total. The molecule has 0 spiro atoms. The number of carbonyl (C=O) groups excluding carboxylic acids is 2. The molecule has 3 rings (SSSR count). The van der Waals surface area contributed by atoms with Gasteiger partial charge >= 0.3 is 0 Å². The molecular formula is C19H22N2O2S. The molecule has 1 fully saturated rings. The van der Waals surface area contributed by atoms with Gasteiger partial charge in [0.05, 0.1) is 6.42 Å². The molecule has 1 aromatic heterocycles. The van der Waals surface area contributed by atoms with Gasteiger partial charge in [0.15, 0.2) is 0 Å². The summed E-state index contributed by atoms with van der Waals surface area (Å²) >= 11 is 1.58. The van der Waals surface area contributed by atoms with Crippen molar-refractivity contribution in [3.63, 3.8) is 0 Å². The van der Waals surface area contributed by atoms with E-state index in [1.165, 1.54) is 0 Å². The zero-order valence-electron chi connectivity index (χ0n) is 14.0. The molecule has 0 radical (unpaired) electrons. The summed E-state index contributed by atoms with van der Waals surface area (Å²) in [7, 11) is 0. The van der Waals surface area contributed by atoms with Gasteiger partial charge in [-0.1, -0.05) is 12.1 Å². The third-order valence-corrected chi connectivity index (χ3v) is 5.15. The maximum Gasteiger partial charge on any atom is 0.247 e. The fourth-order valence-electron chi connectivity index (χ4n) is 3.27. The molecule has 1 aromatic carbocycles. The molecule has 0 bridgehead atoms. The quantitative estimate of drug-likeness (QED) is 0.924. The van der Waals surface area contributed by atoms with Crippen molar-refractivity contribution in [3.05, 3.63) is 51.7 Å². The second-order valence-corrected chi connectivity index (χ2v) is 7.40. The minimum atomic E-state index is -0.363. The van der Waals surface area contributed by atoms with Gasteiger partial charge in [-0.25, -0.2) is 0 Å². The molecule has 126 valence electrons. The van der Waals surface area contributed by atoms with E-state index in [-0.39, 0.29) is 17.9 Å². The number of aryl methyl sites for hydroxylation is 2. The lowest BCUT2D eigenvalue weighted by Gasteiger charge is -2.24. The zero-order chi connectivity index (χ0) is 17.1. The van der Waals surface area contributed by atoms with Crippen LogP contribution in [0.3, 0.4) is 0 Å². The van der Waals surface area contributed by atoms with Crippen molar-refractivity contribution in [3.8, 4) is 0 Å². The second-order valence-electron chi connectivity index (χ2n) is 6.37. The van der Waals surface area contributed by atoms with Gasteiger partial charge in [0, 0.05) is 17.1 Å². The van der Waals surface area contributed by atoms with Crippen molar-refractivity contribution in [2.75, 3.05) is 11.9 Å². The van der Waals surface area contributed by atoms with E-state index in [1.807, 2.05) is 43.5 Å². The highest BCUT2D eigenvalue weighted by Crippen LogP contribution is 2.22. The van der Waals surface area contributed by atoms with Crippen LogP contribution < -0.4 is 5.32 Å². The highest BCUT2D eigenvalue weighted by atomic mass is 32.1. The monoisotopic (exact) mass is 342 g/mol. The van der Waals surface area contributed by atoms with Crippen LogP contribution in [0.2, 0.25) is 0 Å². The first-order valence-electron chi connectivity index (χ1n) is 8.24. The number of amides is 2. The molecule has 1 aliphatic rings. The third-order valence-electron chi connectivity index (χ3n) is 4.27. The third kappa shape index (κ3) is 3.85. The maximum atomic E-state index is 12.7. The molecule has 1 aliphatic heterocycles. The van der Waals surface area contributed by atoms with Gasteiger partial charge in [0.25, 0.3) is 0 Å².